The van der Waals surface area contributed by atoms with Crippen molar-refractivity contribution < 1.29 is 76.5 Å². The largest absolute Gasteiger partial charge is 0.433 e. The highest BCUT2D eigenvalue weighted by Gasteiger charge is 2.46. The summed E-state index contributed by atoms with van der Waals surface area (Å²) in [6.45, 7) is 23.3. The Kier molecular flexibility index (Phi) is 31.1. The first-order valence-corrected chi connectivity index (χ1v) is 33.8. The highest BCUT2D eigenvalue weighted by molar-refractivity contribution is 6.15. The fraction of sp³-hybridized carbons (Fsp3) is 0.643. The van der Waals surface area contributed by atoms with Crippen LogP contribution in [-0.2, 0) is 63.9 Å². The molecule has 97 heavy (non-hydrogen) atoms. The number of primary amides is 1. The molecule has 4 rings (SSSR count). The van der Waals surface area contributed by atoms with Crippen LogP contribution in [0.25, 0.3) is 0 Å². The van der Waals surface area contributed by atoms with E-state index in [0.717, 1.165) is 17.7 Å². The standard InChI is InChI=1S/C70H110N12O15/c1-19-43(8)58(52(95-17)37-55(85)80-36-24-28-50(80)61(96-18)45(10)62(87)75-46(11)60(86)48-26-21-20-22-27-48)79(14)66(91)57(41(4)5)78-65(90)59(42(6)7)82(15,16)39-47-29-31-49(32-30-47)76-67(92)70(12,13)97-69(94)73-38-51(81-53(83)33-34-54(81)84)63(88)77-56(40(2)3)64(89)74-44(9)25-23-35-72-68(71)93/h20-22,26-27,29-34,40-46,50-52,56-61,86H,19,23-25,28,35-39H2,1-18H3,(H8-,71,72,73,74,75,76,77,78,87,88,89,90,92,93,94)/p+1/t43-,44-,45+,46+,50-,51-,52-,56-,57-,58-,59-,60-,61+/m0/s1. The van der Waals surface area contributed by atoms with Gasteiger partial charge in [-0.3, -0.25) is 48.1 Å². The van der Waals surface area contributed by atoms with E-state index in [1.807, 2.05) is 73.8 Å². The van der Waals surface area contributed by atoms with E-state index >= 15 is 0 Å². The Morgan fingerprint density at radius 3 is 1.90 bits per heavy atom. The van der Waals surface area contributed by atoms with E-state index in [1.165, 1.54) is 28.1 Å². The van der Waals surface area contributed by atoms with Crippen LogP contribution in [0.5, 0.6) is 0 Å². The first kappa shape index (κ1) is 81.4. The van der Waals surface area contributed by atoms with Crippen molar-refractivity contribution >= 4 is 71.0 Å². The number of likely N-dealkylation sites (tertiary alicyclic amines) is 1. The summed E-state index contributed by atoms with van der Waals surface area (Å²) < 4.78 is 17.8. The highest BCUT2D eigenvalue weighted by Crippen LogP contribution is 2.31. The summed E-state index contributed by atoms with van der Waals surface area (Å²) in [5.74, 6) is -6.91. The molecular weight excluding hydrogens is 1250 g/mol. The number of nitrogens with zero attached hydrogens (tertiary/aromatic N) is 4. The number of imide groups is 1. The van der Waals surface area contributed by atoms with Crippen LogP contribution in [0.4, 0.5) is 15.3 Å². The first-order chi connectivity index (χ1) is 45.4. The Hall–Kier alpha value is -8.01. The predicted molar refractivity (Wildman–Crippen MR) is 366 cm³/mol. The van der Waals surface area contributed by atoms with Gasteiger partial charge in [0.2, 0.25) is 29.5 Å². The van der Waals surface area contributed by atoms with Crippen molar-refractivity contribution in [3.8, 4) is 0 Å². The van der Waals surface area contributed by atoms with Crippen LogP contribution in [0.1, 0.15) is 146 Å². The fourth-order valence-electron chi connectivity index (χ4n) is 12.9. The van der Waals surface area contributed by atoms with Crippen LogP contribution in [0, 0.1) is 29.6 Å². The van der Waals surface area contributed by atoms with E-state index < -0.39 is 126 Å². The smallest absolute Gasteiger partial charge is 0.408 e. The number of likely N-dealkylation sites (N-methyl/N-ethyl adjacent to an activating group) is 2. The number of urea groups is 1. The number of nitrogens with one attached hydrogen (secondary N) is 7. The van der Waals surface area contributed by atoms with E-state index in [-0.39, 0.29) is 58.3 Å². The fourth-order valence-corrected chi connectivity index (χ4v) is 12.9. The summed E-state index contributed by atoms with van der Waals surface area (Å²) in [7, 11) is 8.58. The Balaban J connectivity index is 1.41. The molecule has 0 saturated carbocycles. The minimum Gasteiger partial charge on any atom is -0.433 e. The molecule has 12 amide bonds. The van der Waals surface area contributed by atoms with Crippen molar-refractivity contribution in [3.05, 3.63) is 77.9 Å². The molecule has 0 aromatic heterocycles. The molecule has 0 radical (unpaired) electrons. The van der Waals surface area contributed by atoms with E-state index in [4.69, 9.17) is 19.9 Å². The number of carbonyl (C=O) groups excluding carboxylic acids is 11. The number of ether oxygens (including phenoxy) is 3. The molecule has 2 heterocycles. The summed E-state index contributed by atoms with van der Waals surface area (Å²) in [6.07, 6.45) is 1.29. The number of carbonyl (C=O) groups is 11. The van der Waals surface area contributed by atoms with Gasteiger partial charge in [-0.05, 0) is 88.8 Å². The number of rotatable bonds is 37. The molecular formula is C70H111N12O15+. The molecule has 0 unspecified atom stereocenters. The van der Waals surface area contributed by atoms with E-state index in [1.54, 1.807) is 87.9 Å². The quantitative estimate of drug-likeness (QED) is 0.0257. The third kappa shape index (κ3) is 22.8. The Labute approximate surface area is 572 Å². The van der Waals surface area contributed by atoms with Crippen molar-refractivity contribution in [3.63, 3.8) is 0 Å². The van der Waals surface area contributed by atoms with Gasteiger partial charge in [-0.2, -0.15) is 0 Å². The molecule has 2 aromatic carbocycles. The molecule has 540 valence electrons. The van der Waals surface area contributed by atoms with Gasteiger partial charge < -0.3 is 76.6 Å². The summed E-state index contributed by atoms with van der Waals surface area (Å²) in [4.78, 5) is 153. The lowest BCUT2D eigenvalue weighted by atomic mass is 9.89. The molecule has 0 bridgehead atoms. The van der Waals surface area contributed by atoms with E-state index in [0.29, 0.717) is 67.9 Å². The lowest BCUT2D eigenvalue weighted by Gasteiger charge is -2.42. The molecule has 2 aliphatic rings. The van der Waals surface area contributed by atoms with Crippen molar-refractivity contribution in [2.45, 2.75) is 207 Å². The summed E-state index contributed by atoms with van der Waals surface area (Å²) in [6, 6.07) is 8.94. The number of methoxy groups -OCH3 is 2. The van der Waals surface area contributed by atoms with Crippen molar-refractivity contribution in [2.75, 3.05) is 60.3 Å². The molecule has 1 saturated heterocycles. The topological polar surface area (TPSA) is 356 Å². The van der Waals surface area contributed by atoms with Crippen LogP contribution < -0.4 is 43.0 Å². The van der Waals surface area contributed by atoms with Gasteiger partial charge in [0, 0.05) is 69.7 Å². The van der Waals surface area contributed by atoms with Crippen molar-refractivity contribution in [1.82, 2.24) is 46.6 Å². The zero-order valence-electron chi connectivity index (χ0n) is 60.2. The molecule has 2 aliphatic heterocycles. The van der Waals surface area contributed by atoms with Gasteiger partial charge in [0.15, 0.2) is 11.6 Å². The minimum atomic E-state index is -1.82. The molecule has 13 atom stereocenters. The molecule has 0 spiro atoms. The number of hydrogen-bond acceptors (Lipinski definition) is 15. The number of benzene rings is 2. The Morgan fingerprint density at radius 1 is 0.753 bits per heavy atom. The second-order valence-corrected chi connectivity index (χ2v) is 28.0. The normalized spacial score (nSPS) is 17.9. The minimum absolute atomic E-state index is 0.0654. The molecule has 0 aliphatic carbocycles. The lowest BCUT2D eigenvalue weighted by molar-refractivity contribution is -0.922. The van der Waals surface area contributed by atoms with Crippen LogP contribution in [0.2, 0.25) is 0 Å². The molecule has 10 N–H and O–H groups in total. The van der Waals surface area contributed by atoms with Gasteiger partial charge in [0.1, 0.15) is 24.7 Å². The molecule has 27 heteroatoms. The lowest BCUT2D eigenvalue weighted by Crippen LogP contribution is -2.63. The number of amides is 12. The van der Waals surface area contributed by atoms with Crippen molar-refractivity contribution in [1.29, 1.82) is 0 Å². The predicted octanol–water partition coefficient (Wildman–Crippen LogP) is 4.42. The number of nitrogens with two attached hydrogens (primary N) is 1. The molecule has 1 fully saturated rings. The van der Waals surface area contributed by atoms with E-state index in [2.05, 4.69) is 37.2 Å². The summed E-state index contributed by atoms with van der Waals surface area (Å²) in [5.41, 5.74) is 5.12. The van der Waals surface area contributed by atoms with E-state index in [9.17, 15) is 57.8 Å². The Morgan fingerprint density at radius 2 is 1.35 bits per heavy atom. The maximum atomic E-state index is 15.0. The van der Waals surface area contributed by atoms with Crippen LogP contribution >= 0.6 is 0 Å². The van der Waals surface area contributed by atoms with Gasteiger partial charge in [0.25, 0.3) is 23.6 Å². The Bertz CT molecular complexity index is 3030. The summed E-state index contributed by atoms with van der Waals surface area (Å²) >= 11 is 0. The molecule has 27 nitrogen and oxygen atoms in total. The van der Waals surface area contributed by atoms with Crippen LogP contribution in [0.3, 0.4) is 0 Å². The highest BCUT2D eigenvalue weighted by atomic mass is 16.6. The first-order valence-electron chi connectivity index (χ1n) is 33.8. The third-order valence-corrected chi connectivity index (χ3v) is 18.5. The number of hydrogen-bond donors (Lipinski definition) is 9. The van der Waals surface area contributed by atoms with Gasteiger partial charge in [-0.15, -0.1) is 0 Å². The maximum absolute atomic E-state index is 15.0. The van der Waals surface area contributed by atoms with Crippen LogP contribution in [-0.4, -0.2) is 211 Å². The van der Waals surface area contributed by atoms with Gasteiger partial charge >= 0.3 is 12.1 Å². The van der Waals surface area contributed by atoms with Gasteiger partial charge in [0.05, 0.1) is 69.4 Å². The number of aliphatic hydroxyl groups is 1. The average Bonchev–Trinajstić information content (AvgIpc) is 1.82. The third-order valence-electron chi connectivity index (χ3n) is 18.5. The number of aliphatic hydroxyl groups excluding tert-OH is 1. The SMILES string of the molecule is CC[C@H](C)[C@@H]([C@H](CC(=O)N1CCC[C@H]1[C@H](OC)[C@@H](C)C(=O)N[C@H](C)[C@H](O)c1ccccc1)OC)N(C)C(=O)[C@@H](NC(=O)[C@H](C(C)C)[N+](C)(C)Cc1ccc(NC(=O)C(C)(C)OC(=O)NC[C@@H](C(=O)N[C@H](C(=O)N[C@@H](C)CCCNC(N)=O)C(C)C)N2C(=O)C=CC2=O)cc1)C(C)C. The number of anilines is 1. The zero-order chi connectivity index (χ0) is 73.0. The van der Waals surface area contributed by atoms with Crippen LogP contribution in [0.15, 0.2) is 66.7 Å². The van der Waals surface area contributed by atoms with Gasteiger partial charge in [-0.1, -0.05) is 111 Å². The monoisotopic (exact) mass is 1360 g/mol. The van der Waals surface area contributed by atoms with Gasteiger partial charge in [-0.25, -0.2) is 9.59 Å². The zero-order valence-corrected chi connectivity index (χ0v) is 60.2. The summed E-state index contributed by atoms with van der Waals surface area (Å²) in [5, 5.41) is 30.1. The average molecular weight is 1360 g/mol. The second kappa shape index (κ2) is 37.1. The maximum Gasteiger partial charge on any atom is 0.408 e. The second-order valence-electron chi connectivity index (χ2n) is 28.0. The molecule has 2 aromatic rings. The number of quaternary nitrogens is 1. The number of alkyl carbamates (subject to hydrolysis) is 1. The van der Waals surface area contributed by atoms with Crippen molar-refractivity contribution in [2.24, 2.45) is 35.3 Å².